The summed E-state index contributed by atoms with van der Waals surface area (Å²) in [5, 5.41) is 16.7. The van der Waals surface area contributed by atoms with Crippen LogP contribution >= 0.6 is 0 Å². The van der Waals surface area contributed by atoms with E-state index in [9.17, 15) is 9.59 Å². The minimum atomic E-state index is -1.12. The van der Waals surface area contributed by atoms with Crippen LogP contribution in [-0.4, -0.2) is 38.6 Å². The third-order valence-electron chi connectivity index (χ3n) is 3.06. The molecular weight excluding hydrogens is 286 g/mol. The van der Waals surface area contributed by atoms with Crippen LogP contribution in [0.25, 0.3) is 5.69 Å². The average molecular weight is 303 g/mol. The summed E-state index contributed by atoms with van der Waals surface area (Å²) in [5.41, 5.74) is 1.36. The Morgan fingerprint density at radius 3 is 2.73 bits per heavy atom. The largest absolute Gasteiger partial charge is 0.476 e. The van der Waals surface area contributed by atoms with Crippen molar-refractivity contribution in [3.05, 3.63) is 41.2 Å². The molecule has 1 N–H and O–H groups in total. The standard InChI is InChI=1S/C15H17N3O4/c1-3-8-22-15(21)10-6-5-7-11(9-10)18-12(4-2)13(14(19)20)16-17-18/h5-7,9H,3-4,8H2,1-2H3,(H,19,20). The molecule has 116 valence electrons. The van der Waals surface area contributed by atoms with Gasteiger partial charge in [-0.2, -0.15) is 0 Å². The molecule has 0 spiro atoms. The average Bonchev–Trinajstić information content (AvgIpc) is 2.96. The smallest absolute Gasteiger partial charge is 0.358 e. The van der Waals surface area contributed by atoms with Crippen molar-refractivity contribution in [2.24, 2.45) is 0 Å². The fraction of sp³-hybridized carbons (Fsp3) is 0.333. The number of hydrogen-bond donors (Lipinski definition) is 1. The van der Waals surface area contributed by atoms with Crippen molar-refractivity contribution in [3.63, 3.8) is 0 Å². The lowest BCUT2D eigenvalue weighted by Crippen LogP contribution is -2.09. The predicted molar refractivity (Wildman–Crippen MR) is 78.3 cm³/mol. The fourth-order valence-corrected chi connectivity index (χ4v) is 2.04. The summed E-state index contributed by atoms with van der Waals surface area (Å²) in [6.07, 6.45) is 1.20. The first-order chi connectivity index (χ1) is 10.6. The molecule has 0 saturated carbocycles. The lowest BCUT2D eigenvalue weighted by atomic mass is 10.2. The number of nitrogens with zero attached hydrogens (tertiary/aromatic N) is 3. The molecule has 7 nitrogen and oxygen atoms in total. The first-order valence-corrected chi connectivity index (χ1v) is 7.03. The molecule has 0 aliphatic rings. The van der Waals surface area contributed by atoms with E-state index < -0.39 is 11.9 Å². The zero-order valence-electron chi connectivity index (χ0n) is 12.4. The second-order valence-electron chi connectivity index (χ2n) is 4.64. The molecule has 2 aromatic rings. The highest BCUT2D eigenvalue weighted by Crippen LogP contribution is 2.16. The molecule has 1 heterocycles. The van der Waals surface area contributed by atoms with Crippen LogP contribution < -0.4 is 0 Å². The van der Waals surface area contributed by atoms with Crippen molar-refractivity contribution in [2.75, 3.05) is 6.61 Å². The third kappa shape index (κ3) is 3.13. The van der Waals surface area contributed by atoms with E-state index in [-0.39, 0.29) is 5.69 Å². The number of aromatic carboxylic acids is 1. The van der Waals surface area contributed by atoms with Gasteiger partial charge in [-0.05, 0) is 31.0 Å². The number of carbonyl (C=O) groups is 2. The lowest BCUT2D eigenvalue weighted by Gasteiger charge is -2.07. The summed E-state index contributed by atoms with van der Waals surface area (Å²) >= 11 is 0. The summed E-state index contributed by atoms with van der Waals surface area (Å²) in [4.78, 5) is 23.0. The van der Waals surface area contributed by atoms with E-state index in [2.05, 4.69) is 10.3 Å². The van der Waals surface area contributed by atoms with Gasteiger partial charge < -0.3 is 9.84 Å². The van der Waals surface area contributed by atoms with Gasteiger partial charge in [0.2, 0.25) is 0 Å². The van der Waals surface area contributed by atoms with Gasteiger partial charge in [-0.3, -0.25) is 0 Å². The Morgan fingerprint density at radius 2 is 2.09 bits per heavy atom. The van der Waals surface area contributed by atoms with E-state index in [0.29, 0.717) is 30.0 Å². The molecule has 1 aromatic heterocycles. The van der Waals surface area contributed by atoms with Crippen molar-refractivity contribution in [1.29, 1.82) is 0 Å². The Balaban J connectivity index is 2.38. The third-order valence-corrected chi connectivity index (χ3v) is 3.06. The van der Waals surface area contributed by atoms with Gasteiger partial charge in [0.1, 0.15) is 0 Å². The number of benzene rings is 1. The molecule has 0 atom stereocenters. The molecule has 2 rings (SSSR count). The minimum Gasteiger partial charge on any atom is -0.476 e. The van der Waals surface area contributed by atoms with E-state index in [4.69, 9.17) is 9.84 Å². The highest BCUT2D eigenvalue weighted by atomic mass is 16.5. The van der Waals surface area contributed by atoms with E-state index in [1.807, 2.05) is 13.8 Å². The molecule has 22 heavy (non-hydrogen) atoms. The van der Waals surface area contributed by atoms with E-state index in [1.54, 1.807) is 24.3 Å². The summed E-state index contributed by atoms with van der Waals surface area (Å²) in [5.74, 6) is -1.54. The number of hydrogen-bond acceptors (Lipinski definition) is 5. The van der Waals surface area contributed by atoms with Gasteiger partial charge in [-0.15, -0.1) is 5.10 Å². The van der Waals surface area contributed by atoms with Crippen molar-refractivity contribution in [3.8, 4) is 5.69 Å². The maximum atomic E-state index is 11.9. The molecule has 0 aliphatic carbocycles. The van der Waals surface area contributed by atoms with Crippen LogP contribution in [0.1, 0.15) is 46.8 Å². The van der Waals surface area contributed by atoms with Gasteiger partial charge in [0, 0.05) is 0 Å². The van der Waals surface area contributed by atoms with E-state index >= 15 is 0 Å². The second kappa shape index (κ2) is 6.84. The molecular formula is C15H17N3O4. The van der Waals surface area contributed by atoms with Gasteiger partial charge in [0.05, 0.1) is 23.6 Å². The molecule has 0 fully saturated rings. The molecule has 0 aliphatic heterocycles. The quantitative estimate of drug-likeness (QED) is 0.821. The molecule has 7 heteroatoms. The van der Waals surface area contributed by atoms with Crippen LogP contribution in [0.3, 0.4) is 0 Å². The SMILES string of the molecule is CCCOC(=O)c1cccc(-n2nnc(C(=O)O)c2CC)c1. The number of aromatic nitrogens is 3. The number of carboxylic acid groups (broad SMARTS) is 1. The lowest BCUT2D eigenvalue weighted by molar-refractivity contribution is 0.0504. The van der Waals surface area contributed by atoms with Crippen molar-refractivity contribution in [2.45, 2.75) is 26.7 Å². The minimum absolute atomic E-state index is 0.0820. The van der Waals surface area contributed by atoms with E-state index in [1.165, 1.54) is 4.68 Å². The Bertz CT molecular complexity index is 694. The van der Waals surface area contributed by atoms with E-state index in [0.717, 1.165) is 6.42 Å². The molecule has 0 radical (unpaired) electrons. The Hall–Kier alpha value is -2.70. The Kier molecular flexibility index (Phi) is 4.88. The normalized spacial score (nSPS) is 10.5. The molecule has 0 saturated heterocycles. The summed E-state index contributed by atoms with van der Waals surface area (Å²) < 4.78 is 6.52. The molecule has 0 amide bonds. The number of carboxylic acids is 1. The van der Waals surface area contributed by atoms with Gasteiger partial charge in [-0.1, -0.05) is 25.1 Å². The van der Waals surface area contributed by atoms with Crippen LogP contribution in [0.4, 0.5) is 0 Å². The van der Waals surface area contributed by atoms with Gasteiger partial charge >= 0.3 is 11.9 Å². The van der Waals surface area contributed by atoms with Crippen LogP contribution in [0.5, 0.6) is 0 Å². The van der Waals surface area contributed by atoms with Gasteiger partial charge in [-0.25, -0.2) is 14.3 Å². The Morgan fingerprint density at radius 1 is 1.32 bits per heavy atom. The zero-order chi connectivity index (χ0) is 16.1. The molecule has 1 aromatic carbocycles. The predicted octanol–water partition coefficient (Wildman–Crippen LogP) is 2.09. The fourth-order valence-electron chi connectivity index (χ4n) is 2.04. The monoisotopic (exact) mass is 303 g/mol. The number of ether oxygens (including phenoxy) is 1. The van der Waals surface area contributed by atoms with Crippen molar-refractivity contribution < 1.29 is 19.4 Å². The van der Waals surface area contributed by atoms with Crippen molar-refractivity contribution >= 4 is 11.9 Å². The zero-order valence-corrected chi connectivity index (χ0v) is 12.4. The highest BCUT2D eigenvalue weighted by molar-refractivity contribution is 5.90. The van der Waals surface area contributed by atoms with Crippen LogP contribution in [0.2, 0.25) is 0 Å². The molecule has 0 bridgehead atoms. The highest BCUT2D eigenvalue weighted by Gasteiger charge is 2.19. The summed E-state index contributed by atoms with van der Waals surface area (Å²) in [7, 11) is 0. The van der Waals surface area contributed by atoms with Crippen molar-refractivity contribution in [1.82, 2.24) is 15.0 Å². The van der Waals surface area contributed by atoms with Crippen LogP contribution in [-0.2, 0) is 11.2 Å². The maximum absolute atomic E-state index is 11.9. The molecule has 0 unspecified atom stereocenters. The summed E-state index contributed by atoms with van der Waals surface area (Å²) in [6, 6.07) is 6.68. The van der Waals surface area contributed by atoms with Crippen LogP contribution in [0, 0.1) is 0 Å². The topological polar surface area (TPSA) is 94.3 Å². The first-order valence-electron chi connectivity index (χ1n) is 7.03. The summed E-state index contributed by atoms with van der Waals surface area (Å²) in [6.45, 7) is 4.09. The Labute approximate surface area is 127 Å². The van der Waals surface area contributed by atoms with Crippen LogP contribution in [0.15, 0.2) is 24.3 Å². The van der Waals surface area contributed by atoms with Gasteiger partial charge in [0.15, 0.2) is 5.69 Å². The second-order valence-corrected chi connectivity index (χ2v) is 4.64. The number of carbonyl (C=O) groups excluding carboxylic acids is 1. The van der Waals surface area contributed by atoms with Gasteiger partial charge in [0.25, 0.3) is 0 Å². The first kappa shape index (κ1) is 15.7. The number of esters is 1. The maximum Gasteiger partial charge on any atom is 0.358 e. The number of rotatable bonds is 6.